The fourth-order valence-electron chi connectivity index (χ4n) is 3.41. The van der Waals surface area contributed by atoms with Crippen molar-refractivity contribution in [2.24, 2.45) is 10.1 Å². The standard InChI is InChI=1S/C23H16FN5OS/c1-28-19-11-5-3-9-17(19)21(22(28)30)27-29-20(16-8-2-4-10-18(16)24)14-31-23(29)26-15-7-6-12-25-13-15/h2-14H,1H3. The highest BCUT2D eigenvalue weighted by Gasteiger charge is 2.31. The summed E-state index contributed by atoms with van der Waals surface area (Å²) < 4.78 is 16.1. The molecule has 8 heteroatoms. The van der Waals surface area contributed by atoms with E-state index >= 15 is 0 Å². The number of carbonyl (C=O) groups is 1. The largest absolute Gasteiger partial charge is 0.309 e. The van der Waals surface area contributed by atoms with Gasteiger partial charge >= 0.3 is 0 Å². The van der Waals surface area contributed by atoms with Crippen molar-refractivity contribution >= 4 is 34.3 Å². The Morgan fingerprint density at radius 3 is 2.55 bits per heavy atom. The molecule has 2 aromatic carbocycles. The summed E-state index contributed by atoms with van der Waals surface area (Å²) in [6.45, 7) is 0. The lowest BCUT2D eigenvalue weighted by atomic mass is 10.1. The van der Waals surface area contributed by atoms with Gasteiger partial charge < -0.3 is 4.90 Å². The Balaban J connectivity index is 1.77. The van der Waals surface area contributed by atoms with Gasteiger partial charge in [0, 0.05) is 29.8 Å². The second-order valence-corrected chi connectivity index (χ2v) is 7.68. The molecular formula is C23H16FN5OS. The van der Waals surface area contributed by atoms with Crippen LogP contribution in [0.2, 0.25) is 0 Å². The predicted molar refractivity (Wildman–Crippen MR) is 119 cm³/mol. The first-order valence-electron chi connectivity index (χ1n) is 9.50. The van der Waals surface area contributed by atoms with Gasteiger partial charge in [-0.25, -0.2) is 14.1 Å². The number of rotatable bonds is 3. The van der Waals surface area contributed by atoms with Crippen LogP contribution in [0.5, 0.6) is 0 Å². The third-order valence-corrected chi connectivity index (χ3v) is 5.75. The van der Waals surface area contributed by atoms with Crippen LogP contribution < -0.4 is 9.70 Å². The number of carbonyl (C=O) groups excluding carboxylic acids is 1. The van der Waals surface area contributed by atoms with E-state index in [-0.39, 0.29) is 17.4 Å². The average Bonchev–Trinajstić information content (AvgIpc) is 3.29. The molecule has 0 spiro atoms. The smallest absolute Gasteiger partial charge is 0.279 e. The van der Waals surface area contributed by atoms with E-state index in [9.17, 15) is 9.18 Å². The summed E-state index contributed by atoms with van der Waals surface area (Å²) in [5.74, 6) is -0.607. The van der Waals surface area contributed by atoms with Crippen molar-refractivity contribution in [1.82, 2.24) is 9.66 Å². The number of benzene rings is 2. The number of halogens is 1. The van der Waals surface area contributed by atoms with E-state index in [2.05, 4.69) is 15.1 Å². The van der Waals surface area contributed by atoms with E-state index in [0.29, 0.717) is 21.7 Å². The topological polar surface area (TPSA) is 62.9 Å². The van der Waals surface area contributed by atoms with Crippen molar-refractivity contribution < 1.29 is 9.18 Å². The van der Waals surface area contributed by atoms with Gasteiger partial charge in [0.25, 0.3) is 5.91 Å². The number of amides is 1. The van der Waals surface area contributed by atoms with Gasteiger partial charge in [0.2, 0.25) is 4.80 Å². The van der Waals surface area contributed by atoms with E-state index in [1.54, 1.807) is 54.0 Å². The molecule has 4 aromatic rings. The molecule has 0 fully saturated rings. The number of aromatic nitrogens is 2. The number of para-hydroxylation sites is 1. The van der Waals surface area contributed by atoms with E-state index in [1.165, 1.54) is 22.1 Å². The maximum absolute atomic E-state index is 14.6. The lowest BCUT2D eigenvalue weighted by molar-refractivity contribution is -0.112. The highest BCUT2D eigenvalue weighted by atomic mass is 32.1. The van der Waals surface area contributed by atoms with Crippen molar-refractivity contribution in [2.45, 2.75) is 0 Å². The third kappa shape index (κ3) is 3.36. The molecule has 0 saturated heterocycles. The molecular weight excluding hydrogens is 413 g/mol. The Morgan fingerprint density at radius 2 is 1.77 bits per heavy atom. The zero-order chi connectivity index (χ0) is 21.4. The molecule has 3 heterocycles. The number of pyridine rings is 1. The summed E-state index contributed by atoms with van der Waals surface area (Å²) in [5, 5.41) is 6.46. The maximum atomic E-state index is 14.6. The number of hydrogen-bond acceptors (Lipinski definition) is 5. The highest BCUT2D eigenvalue weighted by Crippen LogP contribution is 2.29. The van der Waals surface area contributed by atoms with E-state index < -0.39 is 0 Å². The second-order valence-electron chi connectivity index (χ2n) is 6.85. The molecule has 1 aliphatic rings. The first-order valence-corrected chi connectivity index (χ1v) is 10.4. The summed E-state index contributed by atoms with van der Waals surface area (Å²) >= 11 is 1.31. The minimum absolute atomic E-state index is 0.230. The Labute approximate surface area is 181 Å². The average molecular weight is 429 g/mol. The molecule has 1 aliphatic heterocycles. The normalized spacial score (nSPS) is 15.0. The Bertz CT molecular complexity index is 1390. The van der Waals surface area contributed by atoms with Crippen LogP contribution in [0.25, 0.3) is 11.3 Å². The Morgan fingerprint density at radius 1 is 1.00 bits per heavy atom. The molecule has 2 aromatic heterocycles. The predicted octanol–water partition coefficient (Wildman–Crippen LogP) is 4.21. The molecule has 6 nitrogen and oxygen atoms in total. The third-order valence-electron chi connectivity index (χ3n) is 4.93. The molecule has 152 valence electrons. The number of thiazole rings is 1. The Hall–Kier alpha value is -3.91. The molecule has 0 atom stereocenters. The van der Waals surface area contributed by atoms with Gasteiger partial charge in [-0.1, -0.05) is 30.3 Å². The van der Waals surface area contributed by atoms with Crippen LogP contribution in [0.1, 0.15) is 5.56 Å². The lowest BCUT2D eigenvalue weighted by Crippen LogP contribution is -2.27. The molecule has 1 amide bonds. The molecule has 0 aliphatic carbocycles. The van der Waals surface area contributed by atoms with Gasteiger partial charge in [-0.05, 0) is 30.3 Å². The van der Waals surface area contributed by atoms with Crippen LogP contribution >= 0.6 is 11.3 Å². The molecule has 0 unspecified atom stereocenters. The second kappa shape index (κ2) is 7.73. The minimum atomic E-state index is -0.377. The van der Waals surface area contributed by atoms with Gasteiger partial charge in [0.1, 0.15) is 5.82 Å². The van der Waals surface area contributed by atoms with Crippen LogP contribution in [0.4, 0.5) is 15.8 Å². The first-order chi connectivity index (χ1) is 15.1. The molecule has 0 N–H and O–H groups in total. The number of fused-ring (bicyclic) bond motifs is 1. The van der Waals surface area contributed by atoms with Crippen LogP contribution in [-0.4, -0.2) is 28.3 Å². The van der Waals surface area contributed by atoms with Crippen molar-refractivity contribution in [3.05, 3.63) is 94.6 Å². The number of hydrogen-bond donors (Lipinski definition) is 0. The van der Waals surface area contributed by atoms with Crippen LogP contribution in [0.15, 0.2) is 88.5 Å². The van der Waals surface area contributed by atoms with Crippen LogP contribution in [0, 0.1) is 5.82 Å². The van der Waals surface area contributed by atoms with Crippen molar-refractivity contribution in [3.8, 4) is 11.3 Å². The van der Waals surface area contributed by atoms with Crippen molar-refractivity contribution in [1.29, 1.82) is 0 Å². The van der Waals surface area contributed by atoms with E-state index in [1.807, 2.05) is 30.3 Å². The zero-order valence-electron chi connectivity index (χ0n) is 16.4. The zero-order valence-corrected chi connectivity index (χ0v) is 17.3. The van der Waals surface area contributed by atoms with Crippen molar-refractivity contribution in [2.75, 3.05) is 11.9 Å². The van der Waals surface area contributed by atoms with Crippen LogP contribution in [-0.2, 0) is 4.79 Å². The van der Waals surface area contributed by atoms with Crippen molar-refractivity contribution in [3.63, 3.8) is 0 Å². The molecule has 0 radical (unpaired) electrons. The lowest BCUT2D eigenvalue weighted by Gasteiger charge is -2.08. The van der Waals surface area contributed by atoms with Gasteiger partial charge in [-0.2, -0.15) is 5.10 Å². The van der Waals surface area contributed by atoms with Gasteiger partial charge in [-0.3, -0.25) is 9.78 Å². The molecule has 0 saturated carbocycles. The van der Waals surface area contributed by atoms with E-state index in [0.717, 1.165) is 11.3 Å². The number of likely N-dealkylation sites (N-methyl/N-ethyl adjacent to an activating group) is 1. The molecule has 5 rings (SSSR count). The number of nitrogens with zero attached hydrogens (tertiary/aromatic N) is 5. The summed E-state index contributed by atoms with van der Waals surface area (Å²) in [7, 11) is 1.71. The van der Waals surface area contributed by atoms with Crippen LogP contribution in [0.3, 0.4) is 0 Å². The first kappa shape index (κ1) is 19.1. The number of anilines is 1. The SMILES string of the molecule is CN1C(=O)C(=Nn2c(-c3ccccc3F)csc2=Nc2cccnc2)c2ccccc21. The molecule has 0 bridgehead atoms. The maximum Gasteiger partial charge on any atom is 0.279 e. The van der Waals surface area contributed by atoms with Gasteiger partial charge in [0.05, 0.1) is 23.3 Å². The summed E-state index contributed by atoms with van der Waals surface area (Å²) in [4.78, 5) is 23.7. The summed E-state index contributed by atoms with van der Waals surface area (Å²) in [5.41, 5.74) is 3.30. The van der Waals surface area contributed by atoms with Gasteiger partial charge in [0.15, 0.2) is 5.71 Å². The quantitative estimate of drug-likeness (QED) is 0.490. The minimum Gasteiger partial charge on any atom is -0.309 e. The molecule has 31 heavy (non-hydrogen) atoms. The van der Waals surface area contributed by atoms with E-state index in [4.69, 9.17) is 0 Å². The monoisotopic (exact) mass is 429 g/mol. The summed E-state index contributed by atoms with van der Waals surface area (Å²) in [6, 6.07) is 17.5. The fraction of sp³-hybridized carbons (Fsp3) is 0.0435. The Kier molecular flexibility index (Phi) is 4.76. The summed E-state index contributed by atoms with van der Waals surface area (Å²) in [6.07, 6.45) is 3.29. The highest BCUT2D eigenvalue weighted by molar-refractivity contribution is 7.07. The van der Waals surface area contributed by atoms with Gasteiger partial charge in [-0.15, -0.1) is 11.3 Å². The fourth-order valence-corrected chi connectivity index (χ4v) is 4.25.